The van der Waals surface area contributed by atoms with Gasteiger partial charge in [0.15, 0.2) is 0 Å². The van der Waals surface area contributed by atoms with Gasteiger partial charge in [-0.15, -0.1) is 0 Å². The molecule has 7 rings (SSSR count). The molecular weight excluding hydrogens is 1480 g/mol. The standard InChI is InChI=1S/C14H16O6.C13H14O6.C12H14O4.2C11H12O4.2C10H10O4/c1-9-2-4-10(5-3-9)14(6-11(15)16,7-12(17)18)8-13(19)20;1-8-2-4-9(5-3-8)13(12(18)19,6-10(14)15)7-11(16)17;1-8-2-4-9(5-3-8)10(6-11(13)14)7-12(15)16;1-7-2-4-8(5-3-7)9(11(14)15)6-10(12)13;1-7-2-3-8(5-10(12)13)9(4-7)6-11(14)15;1-6-2-3-8(10(13)14)7(4-6)5-9(11)12;1-6-2-3-7(5-9(11)12)8(4-6)10(13)14/h2-5H,6-8H2,1H3,(H,15,16)(H,17,18)(H,19,20);2-5H,6-7H2,1H3,(H,14,15)(H,16,17)(H,18,19);2-5,10H,6-7H2,1H3,(H,13,14)(H,15,16);2-5,9H,6H2,1H3,(H,12,13)(H,14,15);2-4H,5-6H2,1H3,(H,12,13)(H,14,15);2*2-4H,5H2,1H3,(H,11,12)(H,13,14). The molecule has 0 aliphatic rings. The Kier molecular flexibility index (Phi) is 40.5. The summed E-state index contributed by atoms with van der Waals surface area (Å²) in [5.41, 5.74) is 6.85. The molecule has 0 fully saturated rings. The summed E-state index contributed by atoms with van der Waals surface area (Å²) in [7, 11) is 0. The van der Waals surface area contributed by atoms with Gasteiger partial charge in [0, 0.05) is 11.3 Å². The van der Waals surface area contributed by atoms with Gasteiger partial charge in [-0.05, 0) is 105 Å². The monoisotopic (exact) mass is 1570 g/mol. The largest absolute Gasteiger partial charge is 0.481 e. The zero-order chi connectivity index (χ0) is 86.4. The van der Waals surface area contributed by atoms with Gasteiger partial charge in [-0.25, -0.2) is 9.59 Å². The fourth-order valence-corrected chi connectivity index (χ4v) is 11.0. The first kappa shape index (κ1) is 97.1. The quantitative estimate of drug-likeness (QED) is 0.0186. The van der Waals surface area contributed by atoms with Gasteiger partial charge in [0.2, 0.25) is 0 Å². The molecule has 7 aromatic carbocycles. The van der Waals surface area contributed by atoms with Crippen LogP contribution in [-0.2, 0) is 104 Å². The van der Waals surface area contributed by atoms with E-state index in [1.54, 1.807) is 130 Å². The first-order valence-electron chi connectivity index (χ1n) is 33.6. The molecule has 0 heterocycles. The summed E-state index contributed by atoms with van der Waals surface area (Å²) in [5.74, 6) is -19.6. The molecule has 1 atom stereocenters. The van der Waals surface area contributed by atoms with Crippen LogP contribution in [0.25, 0.3) is 0 Å². The maximum Gasteiger partial charge on any atom is 0.335 e. The first-order valence-corrected chi connectivity index (χ1v) is 33.6. The number of hydrogen-bond acceptors (Lipinski definition) is 16. The molecule has 32 nitrogen and oxygen atoms in total. The Labute approximate surface area is 645 Å². The summed E-state index contributed by atoms with van der Waals surface area (Å²) >= 11 is 0. The second-order valence-electron chi connectivity index (χ2n) is 25.9. The number of carbonyl (C=O) groups is 16. The van der Waals surface area contributed by atoms with Crippen LogP contribution >= 0.6 is 0 Å². The first-order chi connectivity index (χ1) is 52.5. The molecule has 7 aromatic rings. The van der Waals surface area contributed by atoms with E-state index < -0.39 is 157 Å². The molecule has 0 saturated carbocycles. The molecule has 16 N–H and O–H groups in total. The minimum absolute atomic E-state index is 0.0537. The Hall–Kier alpha value is -13.9. The van der Waals surface area contributed by atoms with Crippen LogP contribution < -0.4 is 0 Å². The van der Waals surface area contributed by atoms with Gasteiger partial charge in [0.05, 0.1) is 94.1 Å². The summed E-state index contributed by atoms with van der Waals surface area (Å²) < 4.78 is 0. The predicted molar refractivity (Wildman–Crippen MR) is 400 cm³/mol. The van der Waals surface area contributed by atoms with Crippen molar-refractivity contribution in [2.24, 2.45) is 0 Å². The van der Waals surface area contributed by atoms with Crippen molar-refractivity contribution >= 4 is 95.5 Å². The SMILES string of the molecule is Cc1ccc(C(=O)O)c(CC(=O)O)c1.Cc1ccc(C(CC(=O)O)(CC(=O)O)C(=O)O)cc1.Cc1ccc(C(CC(=O)O)(CC(=O)O)CC(=O)O)cc1.Cc1ccc(C(CC(=O)O)C(=O)O)cc1.Cc1ccc(C(CC(=O)O)CC(=O)O)cc1.Cc1ccc(CC(=O)O)c(C(=O)O)c1.Cc1ccc(CC(=O)O)c(CC(=O)O)c1. The number of aromatic carboxylic acids is 2. The van der Waals surface area contributed by atoms with Crippen molar-refractivity contribution in [2.45, 2.75) is 148 Å². The molecule has 1 unspecified atom stereocenters. The lowest BCUT2D eigenvalue weighted by molar-refractivity contribution is -0.154. The van der Waals surface area contributed by atoms with Gasteiger partial charge in [-0.2, -0.15) is 0 Å². The van der Waals surface area contributed by atoms with Crippen molar-refractivity contribution in [3.05, 3.63) is 246 Å². The summed E-state index contributed by atoms with van der Waals surface area (Å²) in [6, 6.07) is 41.4. The maximum atomic E-state index is 11.5. The second-order valence-corrected chi connectivity index (χ2v) is 25.9. The molecule has 0 aliphatic heterocycles. The molecule has 0 amide bonds. The van der Waals surface area contributed by atoms with Crippen molar-refractivity contribution in [1.82, 2.24) is 0 Å². The third-order valence-corrected chi connectivity index (χ3v) is 16.3. The highest BCUT2D eigenvalue weighted by atomic mass is 16.4. The van der Waals surface area contributed by atoms with Gasteiger partial charge >= 0.3 is 95.5 Å². The van der Waals surface area contributed by atoms with Gasteiger partial charge in [-0.3, -0.25) is 67.1 Å². The normalized spacial score (nSPS) is 10.6. The molecule has 0 spiro atoms. The van der Waals surface area contributed by atoms with Crippen LogP contribution in [0.4, 0.5) is 0 Å². The number of carboxylic acid groups (broad SMARTS) is 16. The average Bonchev–Trinajstić information content (AvgIpc) is 0.825. The van der Waals surface area contributed by atoms with Crippen molar-refractivity contribution in [3.63, 3.8) is 0 Å². The maximum absolute atomic E-state index is 11.5. The van der Waals surface area contributed by atoms with Crippen LogP contribution in [0, 0.1) is 48.5 Å². The summed E-state index contributed by atoms with van der Waals surface area (Å²) in [6.07, 6.45) is -4.70. The highest BCUT2D eigenvalue weighted by Gasteiger charge is 2.45. The highest BCUT2D eigenvalue weighted by Crippen LogP contribution is 2.37. The van der Waals surface area contributed by atoms with Crippen LogP contribution in [-0.4, -0.2) is 177 Å². The minimum Gasteiger partial charge on any atom is -0.481 e. The van der Waals surface area contributed by atoms with Gasteiger partial charge in [0.25, 0.3) is 0 Å². The summed E-state index contributed by atoms with van der Waals surface area (Å²) in [5, 5.41) is 141. The van der Waals surface area contributed by atoms with Crippen molar-refractivity contribution in [2.75, 3.05) is 0 Å². The molecular formula is C81H88O32. The molecule has 0 aliphatic carbocycles. The fraction of sp³-hybridized carbons (Fsp3) is 0.284. The van der Waals surface area contributed by atoms with Crippen molar-refractivity contribution in [1.29, 1.82) is 0 Å². The molecule has 0 bridgehead atoms. The number of benzene rings is 7. The lowest BCUT2D eigenvalue weighted by Crippen LogP contribution is -2.40. The van der Waals surface area contributed by atoms with E-state index in [0.717, 1.165) is 44.5 Å². The van der Waals surface area contributed by atoms with Gasteiger partial charge in [0.1, 0.15) is 5.41 Å². The number of carboxylic acids is 16. The van der Waals surface area contributed by atoms with Crippen molar-refractivity contribution in [3.8, 4) is 0 Å². The molecule has 0 aromatic heterocycles. The third-order valence-electron chi connectivity index (χ3n) is 16.3. The Morgan fingerprint density at radius 1 is 0.265 bits per heavy atom. The van der Waals surface area contributed by atoms with Crippen LogP contribution in [0.5, 0.6) is 0 Å². The molecule has 0 saturated heterocycles. The Bertz CT molecular complexity index is 4460. The smallest absolute Gasteiger partial charge is 0.335 e. The molecule has 0 radical (unpaired) electrons. The van der Waals surface area contributed by atoms with Crippen LogP contribution in [0.3, 0.4) is 0 Å². The predicted octanol–water partition coefficient (Wildman–Crippen LogP) is 10.5. The summed E-state index contributed by atoms with van der Waals surface area (Å²) in [4.78, 5) is 172. The number of hydrogen-bond donors (Lipinski definition) is 16. The molecule has 32 heteroatoms. The average molecular weight is 1570 g/mol. The molecule has 604 valence electrons. The Morgan fingerprint density at radius 3 is 0.912 bits per heavy atom. The number of aryl methyl sites for hydroxylation is 7. The Morgan fingerprint density at radius 2 is 0.566 bits per heavy atom. The lowest BCUT2D eigenvalue weighted by atomic mass is 9.72. The van der Waals surface area contributed by atoms with Crippen LogP contribution in [0.2, 0.25) is 0 Å². The van der Waals surface area contributed by atoms with E-state index in [1.807, 2.05) is 39.8 Å². The fourth-order valence-electron chi connectivity index (χ4n) is 11.0. The van der Waals surface area contributed by atoms with E-state index in [2.05, 4.69) is 0 Å². The van der Waals surface area contributed by atoms with Crippen LogP contribution in [0.15, 0.2) is 152 Å². The third kappa shape index (κ3) is 37.2. The number of aliphatic carboxylic acids is 14. The highest BCUT2D eigenvalue weighted by molar-refractivity contribution is 5.93. The van der Waals surface area contributed by atoms with Gasteiger partial charge < -0.3 is 81.7 Å². The summed E-state index contributed by atoms with van der Waals surface area (Å²) in [6.45, 7) is 12.8. The lowest BCUT2D eigenvalue weighted by Gasteiger charge is -2.30. The van der Waals surface area contributed by atoms with Gasteiger partial charge in [-0.1, -0.05) is 178 Å². The second kappa shape index (κ2) is 47.1. The van der Waals surface area contributed by atoms with E-state index in [0.29, 0.717) is 33.4 Å². The molecule has 113 heavy (non-hydrogen) atoms. The Balaban J connectivity index is 0.000000662. The van der Waals surface area contributed by atoms with E-state index in [4.69, 9.17) is 76.6 Å². The van der Waals surface area contributed by atoms with E-state index in [1.165, 1.54) is 30.3 Å². The van der Waals surface area contributed by atoms with E-state index in [9.17, 15) is 81.8 Å². The number of rotatable bonds is 32. The zero-order valence-corrected chi connectivity index (χ0v) is 62.3. The van der Waals surface area contributed by atoms with Crippen LogP contribution in [0.1, 0.15) is 167 Å². The van der Waals surface area contributed by atoms with E-state index in [-0.39, 0.29) is 55.2 Å². The minimum atomic E-state index is -1.95. The zero-order valence-electron chi connectivity index (χ0n) is 62.3. The van der Waals surface area contributed by atoms with E-state index >= 15 is 0 Å². The van der Waals surface area contributed by atoms with Crippen molar-refractivity contribution < 1.29 is 158 Å². The topological polar surface area (TPSA) is 597 Å².